The summed E-state index contributed by atoms with van der Waals surface area (Å²) in [4.78, 5) is 4.59. The Morgan fingerprint density at radius 2 is 1.84 bits per heavy atom. The molecule has 1 aliphatic heterocycles. The van der Waals surface area contributed by atoms with E-state index in [0.29, 0.717) is 12.0 Å². The predicted octanol–water partition coefficient (Wildman–Crippen LogP) is 3.29. The van der Waals surface area contributed by atoms with Crippen molar-refractivity contribution in [3.63, 3.8) is 0 Å². The van der Waals surface area contributed by atoms with E-state index >= 15 is 0 Å². The zero-order valence-electron chi connectivity index (χ0n) is 11.7. The third kappa shape index (κ3) is 3.47. The number of rotatable bonds is 3. The number of hydrogen-bond donors (Lipinski definition) is 2. The highest BCUT2D eigenvalue weighted by Crippen LogP contribution is 2.27. The zero-order valence-corrected chi connectivity index (χ0v) is 11.7. The topological polar surface area (TPSA) is 37.0 Å². The molecule has 1 aromatic heterocycles. The van der Waals surface area contributed by atoms with Crippen LogP contribution in [0.15, 0.2) is 18.3 Å². The van der Waals surface area contributed by atoms with Gasteiger partial charge in [-0.15, -0.1) is 0 Å². The Morgan fingerprint density at radius 3 is 2.63 bits per heavy atom. The average molecular weight is 259 g/mol. The molecule has 2 N–H and O–H groups in total. The molecule has 1 aromatic rings. The second-order valence-electron chi connectivity index (χ2n) is 5.97. The Hall–Kier alpha value is -1.09. The van der Waals surface area contributed by atoms with Crippen LogP contribution < -0.4 is 10.6 Å². The number of nitrogens with zero attached hydrogens (tertiary/aromatic N) is 1. The van der Waals surface area contributed by atoms with Crippen LogP contribution in [0.4, 0.5) is 5.69 Å². The molecular formula is C16H25N3. The number of aromatic nitrogens is 1. The normalized spacial score (nSPS) is 22.3. The highest BCUT2D eigenvalue weighted by Gasteiger charge is 2.17. The lowest BCUT2D eigenvalue weighted by Gasteiger charge is -2.25. The molecule has 3 rings (SSSR count). The second-order valence-corrected chi connectivity index (χ2v) is 5.97. The Kier molecular flexibility index (Phi) is 4.34. The van der Waals surface area contributed by atoms with Gasteiger partial charge in [0, 0.05) is 29.5 Å². The minimum Gasteiger partial charge on any atom is -0.382 e. The number of pyridine rings is 1. The monoisotopic (exact) mass is 259 g/mol. The SMILES string of the molecule is c1cc(NC2CCCCC2)cc(C2CCNCC2)n1. The molecule has 0 atom stereocenters. The lowest BCUT2D eigenvalue weighted by atomic mass is 9.93. The van der Waals surface area contributed by atoms with Gasteiger partial charge >= 0.3 is 0 Å². The molecule has 1 aliphatic carbocycles. The molecule has 104 valence electrons. The van der Waals surface area contributed by atoms with Crippen LogP contribution in [0.2, 0.25) is 0 Å². The molecule has 0 amide bonds. The van der Waals surface area contributed by atoms with E-state index in [9.17, 15) is 0 Å². The highest BCUT2D eigenvalue weighted by molar-refractivity contribution is 5.45. The van der Waals surface area contributed by atoms with E-state index in [1.807, 2.05) is 6.20 Å². The van der Waals surface area contributed by atoms with Crippen molar-refractivity contribution < 1.29 is 0 Å². The van der Waals surface area contributed by atoms with Gasteiger partial charge in [-0.2, -0.15) is 0 Å². The summed E-state index contributed by atoms with van der Waals surface area (Å²) >= 11 is 0. The molecule has 0 aromatic carbocycles. The van der Waals surface area contributed by atoms with Crippen molar-refractivity contribution in [2.24, 2.45) is 0 Å². The number of nitrogens with one attached hydrogen (secondary N) is 2. The van der Waals surface area contributed by atoms with E-state index in [2.05, 4.69) is 27.8 Å². The van der Waals surface area contributed by atoms with Crippen LogP contribution >= 0.6 is 0 Å². The van der Waals surface area contributed by atoms with Crippen LogP contribution in [0.1, 0.15) is 56.6 Å². The molecule has 0 radical (unpaired) electrons. The molecule has 2 heterocycles. The summed E-state index contributed by atoms with van der Waals surface area (Å²) in [5.41, 5.74) is 2.55. The van der Waals surface area contributed by atoms with Gasteiger partial charge in [-0.05, 0) is 50.9 Å². The number of hydrogen-bond acceptors (Lipinski definition) is 3. The predicted molar refractivity (Wildman–Crippen MR) is 79.6 cm³/mol. The molecule has 1 saturated heterocycles. The summed E-state index contributed by atoms with van der Waals surface area (Å²) in [5, 5.41) is 7.13. The molecule has 2 aliphatic rings. The van der Waals surface area contributed by atoms with Crippen molar-refractivity contribution in [1.82, 2.24) is 10.3 Å². The standard InChI is InChI=1S/C16H25N3/c1-2-4-14(5-3-1)19-15-8-11-18-16(12-15)13-6-9-17-10-7-13/h8,11-14,17H,1-7,9-10H2,(H,18,19). The lowest BCUT2D eigenvalue weighted by molar-refractivity contribution is 0.452. The summed E-state index contributed by atoms with van der Waals surface area (Å²) < 4.78 is 0. The van der Waals surface area contributed by atoms with Gasteiger partial charge in [0.1, 0.15) is 0 Å². The number of piperidine rings is 1. The Labute approximate surface area is 116 Å². The maximum Gasteiger partial charge on any atom is 0.0456 e. The van der Waals surface area contributed by atoms with Gasteiger partial charge < -0.3 is 10.6 Å². The molecule has 3 nitrogen and oxygen atoms in total. The molecule has 0 spiro atoms. The average Bonchev–Trinajstić information content (AvgIpc) is 2.49. The fraction of sp³-hybridized carbons (Fsp3) is 0.688. The third-order valence-electron chi connectivity index (χ3n) is 4.51. The molecule has 19 heavy (non-hydrogen) atoms. The van der Waals surface area contributed by atoms with E-state index in [-0.39, 0.29) is 0 Å². The maximum atomic E-state index is 4.59. The van der Waals surface area contributed by atoms with E-state index < -0.39 is 0 Å². The highest BCUT2D eigenvalue weighted by atomic mass is 14.9. The first-order valence-electron chi connectivity index (χ1n) is 7.85. The van der Waals surface area contributed by atoms with E-state index in [1.165, 1.54) is 56.3 Å². The molecule has 1 saturated carbocycles. The first-order chi connectivity index (χ1) is 9.42. The minimum atomic E-state index is 0.648. The second kappa shape index (κ2) is 6.38. The van der Waals surface area contributed by atoms with Gasteiger partial charge in [0.05, 0.1) is 0 Å². The van der Waals surface area contributed by atoms with Gasteiger partial charge in [-0.1, -0.05) is 19.3 Å². The summed E-state index contributed by atoms with van der Waals surface area (Å²) in [6.45, 7) is 2.26. The molecular weight excluding hydrogens is 234 g/mol. The van der Waals surface area contributed by atoms with Crippen molar-refractivity contribution in [1.29, 1.82) is 0 Å². The van der Waals surface area contributed by atoms with Gasteiger partial charge in [0.2, 0.25) is 0 Å². The Bertz CT molecular complexity index is 393. The van der Waals surface area contributed by atoms with Crippen molar-refractivity contribution in [2.75, 3.05) is 18.4 Å². The van der Waals surface area contributed by atoms with Crippen molar-refractivity contribution in [3.05, 3.63) is 24.0 Å². The van der Waals surface area contributed by atoms with Gasteiger partial charge in [0.15, 0.2) is 0 Å². The van der Waals surface area contributed by atoms with Crippen LogP contribution in [0, 0.1) is 0 Å². The number of anilines is 1. The summed E-state index contributed by atoms with van der Waals surface area (Å²) in [6.07, 6.45) is 11.2. The van der Waals surface area contributed by atoms with E-state index in [0.717, 1.165) is 13.1 Å². The largest absolute Gasteiger partial charge is 0.382 e. The fourth-order valence-corrected chi connectivity index (χ4v) is 3.36. The summed E-state index contributed by atoms with van der Waals surface area (Å²) in [5.74, 6) is 0.648. The Morgan fingerprint density at radius 1 is 1.05 bits per heavy atom. The van der Waals surface area contributed by atoms with E-state index in [4.69, 9.17) is 0 Å². The maximum absolute atomic E-state index is 4.59. The molecule has 2 fully saturated rings. The summed E-state index contributed by atoms with van der Waals surface area (Å²) in [7, 11) is 0. The zero-order chi connectivity index (χ0) is 12.9. The van der Waals surface area contributed by atoms with Crippen LogP contribution in [0.5, 0.6) is 0 Å². The third-order valence-corrected chi connectivity index (χ3v) is 4.51. The van der Waals surface area contributed by atoms with Crippen molar-refractivity contribution >= 4 is 5.69 Å². The first-order valence-corrected chi connectivity index (χ1v) is 7.85. The van der Waals surface area contributed by atoms with Gasteiger partial charge in [-0.25, -0.2) is 0 Å². The van der Waals surface area contributed by atoms with Crippen LogP contribution in [-0.2, 0) is 0 Å². The van der Waals surface area contributed by atoms with Gasteiger partial charge in [0.25, 0.3) is 0 Å². The quantitative estimate of drug-likeness (QED) is 0.874. The van der Waals surface area contributed by atoms with Crippen LogP contribution in [0.3, 0.4) is 0 Å². The van der Waals surface area contributed by atoms with Crippen LogP contribution in [-0.4, -0.2) is 24.1 Å². The molecule has 0 bridgehead atoms. The summed E-state index contributed by atoms with van der Waals surface area (Å²) in [6, 6.07) is 5.08. The Balaban J connectivity index is 1.64. The van der Waals surface area contributed by atoms with Gasteiger partial charge in [-0.3, -0.25) is 4.98 Å². The first kappa shape index (κ1) is 12.9. The smallest absolute Gasteiger partial charge is 0.0456 e. The van der Waals surface area contributed by atoms with Crippen LogP contribution in [0.25, 0.3) is 0 Å². The minimum absolute atomic E-state index is 0.648. The van der Waals surface area contributed by atoms with Crippen molar-refractivity contribution in [3.8, 4) is 0 Å². The lowest BCUT2D eigenvalue weighted by Crippen LogP contribution is -2.27. The molecule has 3 heteroatoms. The van der Waals surface area contributed by atoms with Crippen molar-refractivity contribution in [2.45, 2.75) is 56.9 Å². The molecule has 0 unspecified atom stereocenters. The fourth-order valence-electron chi connectivity index (χ4n) is 3.36. The van der Waals surface area contributed by atoms with E-state index in [1.54, 1.807) is 0 Å².